The fourth-order valence-electron chi connectivity index (χ4n) is 1.94. The third kappa shape index (κ3) is 2.29. The van der Waals surface area contributed by atoms with E-state index in [1.165, 1.54) is 0 Å². The number of rotatable bonds is 4. The molecule has 2 nitrogen and oxygen atoms in total. The Morgan fingerprint density at radius 3 is 2.40 bits per heavy atom. The molecule has 0 heterocycles. The van der Waals surface area contributed by atoms with Gasteiger partial charge in [-0.3, -0.25) is 0 Å². The minimum atomic E-state index is -1.25. The Labute approximate surface area is 88.9 Å². The van der Waals surface area contributed by atoms with Crippen LogP contribution in [-0.4, -0.2) is 17.3 Å². The van der Waals surface area contributed by atoms with Gasteiger partial charge in [0.05, 0.1) is 0 Å². The molecule has 1 unspecified atom stereocenters. The van der Waals surface area contributed by atoms with Gasteiger partial charge in [-0.2, -0.15) is 0 Å². The predicted octanol–water partition coefficient (Wildman–Crippen LogP) is 2.01. The second kappa shape index (κ2) is 3.81. The van der Waals surface area contributed by atoms with Crippen LogP contribution in [-0.2, 0) is 6.42 Å². The van der Waals surface area contributed by atoms with Gasteiger partial charge in [-0.05, 0) is 36.5 Å². The van der Waals surface area contributed by atoms with E-state index in [0.717, 1.165) is 18.4 Å². The zero-order chi connectivity index (χ0) is 10.9. The molecule has 1 aliphatic carbocycles. The van der Waals surface area contributed by atoms with E-state index in [-0.39, 0.29) is 18.2 Å². The molecule has 0 bridgehead atoms. The maximum absolute atomic E-state index is 14.3. The quantitative estimate of drug-likeness (QED) is 0.796. The van der Waals surface area contributed by atoms with Crippen molar-refractivity contribution in [1.82, 2.24) is 0 Å². The zero-order valence-corrected chi connectivity index (χ0v) is 8.62. The van der Waals surface area contributed by atoms with Crippen molar-refractivity contribution in [2.75, 3.05) is 6.54 Å². The number of phenolic OH excluding ortho intramolecular Hbond substituents is 1. The molecule has 15 heavy (non-hydrogen) atoms. The normalized spacial score (nSPS) is 19.9. The van der Waals surface area contributed by atoms with Crippen LogP contribution >= 0.6 is 0 Å². The number of hydrogen-bond acceptors (Lipinski definition) is 2. The summed E-state index contributed by atoms with van der Waals surface area (Å²) in [5.41, 5.74) is 5.14. The van der Waals surface area contributed by atoms with Crippen LogP contribution in [0.15, 0.2) is 24.3 Å². The van der Waals surface area contributed by atoms with Gasteiger partial charge < -0.3 is 10.8 Å². The third-order valence-corrected chi connectivity index (χ3v) is 3.08. The molecule has 1 atom stereocenters. The molecule has 0 spiro atoms. The van der Waals surface area contributed by atoms with Crippen LogP contribution in [0.4, 0.5) is 4.39 Å². The summed E-state index contributed by atoms with van der Waals surface area (Å²) in [6.07, 6.45) is 2.26. The van der Waals surface area contributed by atoms with Gasteiger partial charge in [-0.1, -0.05) is 12.1 Å². The van der Waals surface area contributed by atoms with Crippen molar-refractivity contribution in [1.29, 1.82) is 0 Å². The lowest BCUT2D eigenvalue weighted by molar-refractivity contribution is 0.142. The van der Waals surface area contributed by atoms with Gasteiger partial charge in [0.15, 0.2) is 0 Å². The number of alkyl halides is 1. The fourth-order valence-corrected chi connectivity index (χ4v) is 1.94. The number of phenols is 1. The maximum atomic E-state index is 14.3. The molecule has 1 saturated carbocycles. The molecule has 1 aromatic rings. The van der Waals surface area contributed by atoms with E-state index in [4.69, 9.17) is 10.8 Å². The van der Waals surface area contributed by atoms with Crippen LogP contribution in [0.1, 0.15) is 18.4 Å². The van der Waals surface area contributed by atoms with Crippen LogP contribution in [0.2, 0.25) is 0 Å². The van der Waals surface area contributed by atoms with E-state index >= 15 is 0 Å². The van der Waals surface area contributed by atoms with Crippen molar-refractivity contribution >= 4 is 0 Å². The second-order valence-electron chi connectivity index (χ2n) is 4.36. The topological polar surface area (TPSA) is 46.2 Å². The summed E-state index contributed by atoms with van der Waals surface area (Å²) >= 11 is 0. The summed E-state index contributed by atoms with van der Waals surface area (Å²) in [5, 5.41) is 9.12. The monoisotopic (exact) mass is 209 g/mol. The maximum Gasteiger partial charge on any atom is 0.130 e. The van der Waals surface area contributed by atoms with Crippen molar-refractivity contribution in [3.05, 3.63) is 29.8 Å². The van der Waals surface area contributed by atoms with Crippen LogP contribution in [0, 0.1) is 5.92 Å². The molecule has 82 valence electrons. The third-order valence-electron chi connectivity index (χ3n) is 3.08. The number of hydrogen-bond donors (Lipinski definition) is 2. The van der Waals surface area contributed by atoms with E-state index in [2.05, 4.69) is 0 Å². The lowest BCUT2D eigenvalue weighted by atomic mass is 9.91. The van der Waals surface area contributed by atoms with Crippen molar-refractivity contribution in [2.24, 2.45) is 11.7 Å². The van der Waals surface area contributed by atoms with Crippen molar-refractivity contribution < 1.29 is 9.50 Å². The molecule has 0 aromatic heterocycles. The van der Waals surface area contributed by atoms with Gasteiger partial charge in [0.25, 0.3) is 0 Å². The first-order valence-electron chi connectivity index (χ1n) is 5.31. The zero-order valence-electron chi connectivity index (χ0n) is 8.62. The van der Waals surface area contributed by atoms with E-state index < -0.39 is 5.67 Å². The SMILES string of the molecule is NCC(F)(Cc1ccc(O)cc1)C1CC1. The highest BCUT2D eigenvalue weighted by molar-refractivity contribution is 5.27. The first kappa shape index (κ1) is 10.4. The molecule has 1 aromatic carbocycles. The van der Waals surface area contributed by atoms with Gasteiger partial charge in [0.1, 0.15) is 11.4 Å². The average Bonchev–Trinajstić information content (AvgIpc) is 3.05. The van der Waals surface area contributed by atoms with Gasteiger partial charge in [-0.15, -0.1) is 0 Å². The molecule has 2 rings (SSSR count). The highest BCUT2D eigenvalue weighted by atomic mass is 19.1. The summed E-state index contributed by atoms with van der Waals surface area (Å²) < 4.78 is 14.3. The number of aromatic hydroxyl groups is 1. The Morgan fingerprint density at radius 2 is 1.93 bits per heavy atom. The molecule has 1 aliphatic rings. The van der Waals surface area contributed by atoms with Crippen LogP contribution in [0.5, 0.6) is 5.75 Å². The Morgan fingerprint density at radius 1 is 1.33 bits per heavy atom. The van der Waals surface area contributed by atoms with E-state index in [0.29, 0.717) is 6.42 Å². The standard InChI is InChI=1S/C12H16FNO/c13-12(8-14,10-3-4-10)7-9-1-5-11(15)6-2-9/h1-2,5-6,10,15H,3-4,7-8,14H2. The van der Waals surface area contributed by atoms with Crippen molar-refractivity contribution in [2.45, 2.75) is 24.9 Å². The van der Waals surface area contributed by atoms with Crippen molar-refractivity contribution in [3.8, 4) is 5.75 Å². The summed E-state index contributed by atoms with van der Waals surface area (Å²) in [4.78, 5) is 0. The average molecular weight is 209 g/mol. The predicted molar refractivity (Wildman–Crippen MR) is 57.4 cm³/mol. The van der Waals surface area contributed by atoms with E-state index in [9.17, 15) is 4.39 Å². The summed E-state index contributed by atoms with van der Waals surface area (Å²) in [6, 6.07) is 6.67. The Hall–Kier alpha value is -1.09. The van der Waals surface area contributed by atoms with Crippen LogP contribution in [0.25, 0.3) is 0 Å². The Kier molecular flexibility index (Phi) is 2.65. The van der Waals surface area contributed by atoms with Gasteiger partial charge in [-0.25, -0.2) is 4.39 Å². The van der Waals surface area contributed by atoms with E-state index in [1.807, 2.05) is 0 Å². The molecule has 0 radical (unpaired) electrons. The fraction of sp³-hybridized carbons (Fsp3) is 0.500. The van der Waals surface area contributed by atoms with Crippen LogP contribution < -0.4 is 5.73 Å². The molecule has 0 saturated heterocycles. The second-order valence-corrected chi connectivity index (χ2v) is 4.36. The minimum Gasteiger partial charge on any atom is -0.508 e. The number of benzene rings is 1. The molecule has 1 fully saturated rings. The van der Waals surface area contributed by atoms with E-state index in [1.54, 1.807) is 24.3 Å². The molecular weight excluding hydrogens is 193 g/mol. The molecule has 3 N–H and O–H groups in total. The minimum absolute atomic E-state index is 0.0819. The molecule has 0 aliphatic heterocycles. The largest absolute Gasteiger partial charge is 0.508 e. The highest BCUT2D eigenvalue weighted by Gasteiger charge is 2.44. The molecule has 0 amide bonds. The number of nitrogens with two attached hydrogens (primary N) is 1. The summed E-state index contributed by atoms with van der Waals surface area (Å²) in [5.74, 6) is 0.346. The summed E-state index contributed by atoms with van der Waals surface area (Å²) in [7, 11) is 0. The first-order chi connectivity index (χ1) is 7.14. The molecular formula is C12H16FNO. The number of halogens is 1. The lowest BCUT2D eigenvalue weighted by Crippen LogP contribution is -2.37. The molecule has 3 heteroatoms. The van der Waals surface area contributed by atoms with Crippen molar-refractivity contribution in [3.63, 3.8) is 0 Å². The Bertz CT molecular complexity index is 334. The van der Waals surface area contributed by atoms with Gasteiger partial charge in [0.2, 0.25) is 0 Å². The van der Waals surface area contributed by atoms with Gasteiger partial charge in [0, 0.05) is 13.0 Å². The Balaban J connectivity index is 2.09. The smallest absolute Gasteiger partial charge is 0.130 e. The summed E-state index contributed by atoms with van der Waals surface area (Å²) in [6.45, 7) is 0.0819. The first-order valence-corrected chi connectivity index (χ1v) is 5.31. The highest BCUT2D eigenvalue weighted by Crippen LogP contribution is 2.43. The van der Waals surface area contributed by atoms with Crippen LogP contribution in [0.3, 0.4) is 0 Å². The van der Waals surface area contributed by atoms with Gasteiger partial charge >= 0.3 is 0 Å². The lowest BCUT2D eigenvalue weighted by Gasteiger charge is -2.23.